The summed E-state index contributed by atoms with van der Waals surface area (Å²) in [6, 6.07) is 0. The highest BCUT2D eigenvalue weighted by molar-refractivity contribution is 6.20. The maximum Gasteiger partial charge on any atom is 0.337 e. The molecule has 1 aliphatic rings. The van der Waals surface area contributed by atoms with Gasteiger partial charge in [0.2, 0.25) is 0 Å². The number of hydrogen-bond donors (Lipinski definition) is 0. The Morgan fingerprint density at radius 2 is 1.90 bits per heavy atom. The molecule has 1 rings (SSSR count). The summed E-state index contributed by atoms with van der Waals surface area (Å²) in [5, 5.41) is 0. The number of alkyl halides is 1. The highest BCUT2D eigenvalue weighted by Crippen LogP contribution is 2.43. The number of allylic oxidation sites excluding steroid dienone is 1. The molecule has 0 heterocycles. The zero-order valence-electron chi connectivity index (χ0n) is 12.6. The number of halogens is 1. The van der Waals surface area contributed by atoms with Crippen LogP contribution in [0.15, 0.2) is 23.3 Å². The van der Waals surface area contributed by atoms with Gasteiger partial charge in [-0.25, -0.2) is 4.79 Å². The summed E-state index contributed by atoms with van der Waals surface area (Å²) < 4.78 is 9.61. The van der Waals surface area contributed by atoms with Gasteiger partial charge in [-0.05, 0) is 17.9 Å². The molecule has 0 aromatic carbocycles. The Morgan fingerprint density at radius 1 is 1.30 bits per heavy atom. The van der Waals surface area contributed by atoms with Gasteiger partial charge in [0.15, 0.2) is 0 Å². The van der Waals surface area contributed by atoms with E-state index in [1.807, 2.05) is 20.8 Å². The van der Waals surface area contributed by atoms with Crippen molar-refractivity contribution in [3.63, 3.8) is 0 Å². The SMILES string of the molecule is COC(=O)C1=CC(CCl)(C(=O)OC)CC(C(C)(C)C)=C1. The summed E-state index contributed by atoms with van der Waals surface area (Å²) in [7, 11) is 2.63. The van der Waals surface area contributed by atoms with Crippen molar-refractivity contribution < 1.29 is 19.1 Å². The molecule has 0 amide bonds. The number of ether oxygens (including phenoxy) is 2. The Hall–Kier alpha value is -1.29. The molecule has 1 atom stereocenters. The molecule has 4 nitrogen and oxygen atoms in total. The highest BCUT2D eigenvalue weighted by Gasteiger charge is 2.43. The second-order valence-electron chi connectivity index (χ2n) is 5.97. The highest BCUT2D eigenvalue weighted by atomic mass is 35.5. The van der Waals surface area contributed by atoms with Crippen LogP contribution in [0.3, 0.4) is 0 Å². The lowest BCUT2D eigenvalue weighted by atomic mass is 9.70. The minimum atomic E-state index is -1.02. The fourth-order valence-electron chi connectivity index (χ4n) is 2.16. The molecule has 0 aromatic heterocycles. The minimum Gasteiger partial charge on any atom is -0.468 e. The van der Waals surface area contributed by atoms with E-state index in [2.05, 4.69) is 0 Å². The standard InChI is InChI=1S/C15H21ClO4/c1-14(2,3)11-6-10(12(17)19-4)7-15(8-11,9-16)13(18)20-5/h6-7H,8-9H2,1-5H3. The third-order valence-corrected chi connectivity index (χ3v) is 3.96. The number of carbonyl (C=O) groups is 2. The van der Waals surface area contributed by atoms with E-state index in [0.717, 1.165) is 5.57 Å². The van der Waals surface area contributed by atoms with Crippen molar-refractivity contribution in [1.29, 1.82) is 0 Å². The molecule has 0 aromatic rings. The smallest absolute Gasteiger partial charge is 0.337 e. The van der Waals surface area contributed by atoms with Crippen LogP contribution in [0.25, 0.3) is 0 Å². The van der Waals surface area contributed by atoms with Crippen LogP contribution in [0, 0.1) is 10.8 Å². The molecular formula is C15H21ClO4. The average Bonchev–Trinajstić information content (AvgIpc) is 2.43. The summed E-state index contributed by atoms with van der Waals surface area (Å²) >= 11 is 6.01. The first kappa shape index (κ1) is 16.8. The zero-order valence-corrected chi connectivity index (χ0v) is 13.3. The molecule has 0 spiro atoms. The second-order valence-corrected chi connectivity index (χ2v) is 6.24. The van der Waals surface area contributed by atoms with E-state index in [4.69, 9.17) is 21.1 Å². The van der Waals surface area contributed by atoms with Crippen LogP contribution in [0.4, 0.5) is 0 Å². The average molecular weight is 301 g/mol. The molecule has 5 heteroatoms. The van der Waals surface area contributed by atoms with Gasteiger partial charge in [-0.15, -0.1) is 11.6 Å². The monoisotopic (exact) mass is 300 g/mol. The van der Waals surface area contributed by atoms with Crippen LogP contribution in [-0.2, 0) is 19.1 Å². The van der Waals surface area contributed by atoms with Crippen molar-refractivity contribution in [1.82, 2.24) is 0 Å². The van der Waals surface area contributed by atoms with Crippen LogP contribution in [0.2, 0.25) is 0 Å². The quantitative estimate of drug-likeness (QED) is 0.594. The van der Waals surface area contributed by atoms with Crippen molar-refractivity contribution in [2.75, 3.05) is 20.1 Å². The van der Waals surface area contributed by atoms with Gasteiger partial charge in [-0.1, -0.05) is 32.4 Å². The first-order valence-electron chi connectivity index (χ1n) is 6.37. The van der Waals surface area contributed by atoms with Crippen LogP contribution < -0.4 is 0 Å². The largest absolute Gasteiger partial charge is 0.468 e. The number of methoxy groups -OCH3 is 2. The normalized spacial score (nSPS) is 22.7. The number of hydrogen-bond acceptors (Lipinski definition) is 4. The maximum atomic E-state index is 12.1. The third-order valence-electron chi connectivity index (χ3n) is 3.48. The van der Waals surface area contributed by atoms with Gasteiger partial charge in [0.25, 0.3) is 0 Å². The van der Waals surface area contributed by atoms with E-state index in [1.54, 1.807) is 12.2 Å². The lowest BCUT2D eigenvalue weighted by Crippen LogP contribution is -2.37. The Labute approximate surface area is 124 Å². The molecule has 1 aliphatic carbocycles. The van der Waals surface area contributed by atoms with Crippen molar-refractivity contribution in [2.45, 2.75) is 27.2 Å². The number of rotatable bonds is 3. The van der Waals surface area contributed by atoms with Crippen LogP contribution >= 0.6 is 11.6 Å². The van der Waals surface area contributed by atoms with E-state index < -0.39 is 17.4 Å². The van der Waals surface area contributed by atoms with E-state index in [0.29, 0.717) is 12.0 Å². The molecule has 0 saturated carbocycles. The minimum absolute atomic E-state index is 0.0492. The van der Waals surface area contributed by atoms with Crippen molar-refractivity contribution >= 4 is 23.5 Å². The molecular weight excluding hydrogens is 280 g/mol. The molecule has 1 unspecified atom stereocenters. The first-order valence-corrected chi connectivity index (χ1v) is 6.90. The Kier molecular flexibility index (Phi) is 5.03. The summed E-state index contributed by atoms with van der Waals surface area (Å²) in [5.74, 6) is -0.873. The number of esters is 2. The maximum absolute atomic E-state index is 12.1. The Bertz CT molecular complexity index is 471. The first-order chi connectivity index (χ1) is 9.20. The van der Waals surface area contributed by atoms with Gasteiger partial charge in [0.1, 0.15) is 5.41 Å². The van der Waals surface area contributed by atoms with E-state index in [1.165, 1.54) is 14.2 Å². The Morgan fingerprint density at radius 3 is 2.30 bits per heavy atom. The molecule has 0 aliphatic heterocycles. The molecule has 0 N–H and O–H groups in total. The third kappa shape index (κ3) is 3.23. The summed E-state index contributed by atoms with van der Waals surface area (Å²) in [6.45, 7) is 6.07. The predicted molar refractivity (Wildman–Crippen MR) is 77.4 cm³/mol. The van der Waals surface area contributed by atoms with Gasteiger partial charge >= 0.3 is 11.9 Å². The van der Waals surface area contributed by atoms with Gasteiger partial charge in [-0.2, -0.15) is 0 Å². The van der Waals surface area contributed by atoms with Crippen LogP contribution in [0.5, 0.6) is 0 Å². The molecule has 20 heavy (non-hydrogen) atoms. The summed E-state index contributed by atoms with van der Waals surface area (Å²) in [6.07, 6.45) is 3.78. The predicted octanol–water partition coefficient (Wildman–Crippen LogP) is 2.86. The van der Waals surface area contributed by atoms with Crippen LogP contribution in [0.1, 0.15) is 27.2 Å². The van der Waals surface area contributed by atoms with Crippen LogP contribution in [-0.4, -0.2) is 32.0 Å². The molecule has 0 fully saturated rings. The van der Waals surface area contributed by atoms with Crippen molar-refractivity contribution in [3.05, 3.63) is 23.3 Å². The number of carbonyl (C=O) groups excluding carboxylic acids is 2. The van der Waals surface area contributed by atoms with Crippen molar-refractivity contribution in [3.8, 4) is 0 Å². The van der Waals surface area contributed by atoms with E-state index >= 15 is 0 Å². The molecule has 0 radical (unpaired) electrons. The summed E-state index contributed by atoms with van der Waals surface area (Å²) in [5.41, 5.74) is 0.108. The zero-order chi connectivity index (χ0) is 15.6. The van der Waals surface area contributed by atoms with E-state index in [9.17, 15) is 9.59 Å². The second kappa shape index (κ2) is 6.00. The lowest BCUT2D eigenvalue weighted by Gasteiger charge is -2.35. The fourth-order valence-corrected chi connectivity index (χ4v) is 2.44. The Balaban J connectivity index is 3.38. The summed E-state index contributed by atoms with van der Waals surface area (Å²) in [4.78, 5) is 23.9. The lowest BCUT2D eigenvalue weighted by molar-refractivity contribution is -0.148. The topological polar surface area (TPSA) is 52.6 Å². The van der Waals surface area contributed by atoms with Gasteiger partial charge in [-0.3, -0.25) is 4.79 Å². The van der Waals surface area contributed by atoms with E-state index in [-0.39, 0.29) is 11.3 Å². The fraction of sp³-hybridized carbons (Fsp3) is 0.600. The molecule has 112 valence electrons. The molecule has 0 bridgehead atoms. The van der Waals surface area contributed by atoms with Gasteiger partial charge in [0, 0.05) is 5.88 Å². The van der Waals surface area contributed by atoms with Gasteiger partial charge in [0.05, 0.1) is 19.8 Å². The van der Waals surface area contributed by atoms with Crippen molar-refractivity contribution in [2.24, 2.45) is 10.8 Å². The van der Waals surface area contributed by atoms with Gasteiger partial charge < -0.3 is 9.47 Å². The molecule has 0 saturated heterocycles.